The molecule has 43 heavy (non-hydrogen) atoms. The molecule has 13 heteroatoms. The number of carbonyl (C=O) groups is 4. The van der Waals surface area contributed by atoms with Crippen LogP contribution in [0.3, 0.4) is 0 Å². The maximum atomic E-state index is 13.4. The van der Waals surface area contributed by atoms with Crippen LogP contribution in [0.2, 0.25) is 5.02 Å². The SMILES string of the molecule is CC(=O)c1cc(C(=O)NCc2ccc(F)c(F)c2)nc2c(C(=O)Cc3ccccc3Cl)cnn12.CC(C)(C)OC(=O)CN. The van der Waals surface area contributed by atoms with E-state index in [4.69, 9.17) is 22.1 Å². The van der Waals surface area contributed by atoms with Crippen molar-refractivity contribution in [1.82, 2.24) is 19.9 Å². The van der Waals surface area contributed by atoms with Crippen molar-refractivity contribution in [2.75, 3.05) is 6.54 Å². The molecule has 0 spiro atoms. The molecule has 4 aromatic rings. The van der Waals surface area contributed by atoms with E-state index in [0.29, 0.717) is 16.1 Å². The zero-order valence-corrected chi connectivity index (χ0v) is 24.7. The Balaban J connectivity index is 0.000000489. The molecule has 0 unspecified atom stereocenters. The lowest BCUT2D eigenvalue weighted by Gasteiger charge is -2.18. The third-order valence-electron chi connectivity index (χ3n) is 5.70. The van der Waals surface area contributed by atoms with Gasteiger partial charge in [0.15, 0.2) is 28.8 Å². The summed E-state index contributed by atoms with van der Waals surface area (Å²) < 4.78 is 32.6. The van der Waals surface area contributed by atoms with Gasteiger partial charge in [-0.2, -0.15) is 5.10 Å². The van der Waals surface area contributed by atoms with E-state index in [0.717, 1.165) is 12.1 Å². The molecule has 0 saturated heterocycles. The van der Waals surface area contributed by atoms with Gasteiger partial charge < -0.3 is 15.8 Å². The van der Waals surface area contributed by atoms with Gasteiger partial charge in [0.2, 0.25) is 0 Å². The van der Waals surface area contributed by atoms with Gasteiger partial charge in [0.25, 0.3) is 5.91 Å². The van der Waals surface area contributed by atoms with Crippen molar-refractivity contribution >= 4 is 40.7 Å². The minimum absolute atomic E-state index is 0.0231. The molecule has 0 radical (unpaired) electrons. The summed E-state index contributed by atoms with van der Waals surface area (Å²) in [6, 6.07) is 11.4. The quantitative estimate of drug-likeness (QED) is 0.218. The zero-order chi connectivity index (χ0) is 31.9. The Morgan fingerprint density at radius 1 is 1.05 bits per heavy atom. The summed E-state index contributed by atoms with van der Waals surface area (Å²) in [6.07, 6.45) is 1.27. The number of amides is 1. The van der Waals surface area contributed by atoms with Crippen molar-refractivity contribution in [1.29, 1.82) is 0 Å². The second-order valence-electron chi connectivity index (χ2n) is 10.3. The van der Waals surface area contributed by atoms with Gasteiger partial charge in [0.1, 0.15) is 17.0 Å². The fourth-order valence-corrected chi connectivity index (χ4v) is 3.94. The summed E-state index contributed by atoms with van der Waals surface area (Å²) in [7, 11) is 0. The number of Topliss-reactive ketones (excluding diaryl/α,β-unsaturated/α-hetero) is 2. The number of aromatic nitrogens is 3. The number of hydrogen-bond donors (Lipinski definition) is 2. The molecule has 3 N–H and O–H groups in total. The number of rotatable bonds is 8. The third kappa shape index (κ3) is 8.97. The summed E-state index contributed by atoms with van der Waals surface area (Å²) in [5, 5.41) is 7.09. The van der Waals surface area contributed by atoms with Crippen LogP contribution in [0.4, 0.5) is 8.78 Å². The summed E-state index contributed by atoms with van der Waals surface area (Å²) in [5.74, 6) is -3.79. The van der Waals surface area contributed by atoms with Crippen molar-refractivity contribution < 1.29 is 32.7 Å². The normalized spacial score (nSPS) is 11.0. The van der Waals surface area contributed by atoms with Crippen LogP contribution < -0.4 is 11.1 Å². The molecular formula is C30H30ClF2N5O5. The number of hydrogen-bond acceptors (Lipinski definition) is 8. The van der Waals surface area contributed by atoms with E-state index in [2.05, 4.69) is 15.4 Å². The third-order valence-corrected chi connectivity index (χ3v) is 6.07. The van der Waals surface area contributed by atoms with E-state index < -0.39 is 28.9 Å². The molecule has 0 fully saturated rings. The summed E-state index contributed by atoms with van der Waals surface area (Å²) in [5.41, 5.74) is 5.63. The molecule has 10 nitrogen and oxygen atoms in total. The number of carbonyl (C=O) groups excluding carboxylic acids is 4. The first-order valence-corrected chi connectivity index (χ1v) is 13.4. The predicted octanol–water partition coefficient (Wildman–Crippen LogP) is 4.51. The van der Waals surface area contributed by atoms with E-state index in [1.54, 1.807) is 45.0 Å². The van der Waals surface area contributed by atoms with E-state index >= 15 is 0 Å². The molecule has 0 atom stereocenters. The van der Waals surface area contributed by atoms with Crippen LogP contribution in [0.5, 0.6) is 0 Å². The summed E-state index contributed by atoms with van der Waals surface area (Å²) >= 11 is 6.15. The largest absolute Gasteiger partial charge is 0.459 e. The van der Waals surface area contributed by atoms with Crippen LogP contribution in [-0.4, -0.2) is 50.2 Å². The molecule has 2 heterocycles. The standard InChI is InChI=1S/C24H17ClF2N4O3.C6H13NO2/c1-13(32)21-10-20(24(34)28-11-14-6-7-18(26)19(27)8-14)30-23-16(12-29-31(21)23)22(33)9-15-4-2-3-5-17(15)25;1-6(2,3)9-5(8)4-7/h2-8,10,12H,9,11H2,1H3,(H,28,34);4,7H2,1-3H3. The van der Waals surface area contributed by atoms with Crippen LogP contribution in [0.25, 0.3) is 5.65 Å². The number of halogens is 3. The van der Waals surface area contributed by atoms with Gasteiger partial charge in [-0.15, -0.1) is 0 Å². The summed E-state index contributed by atoms with van der Waals surface area (Å²) in [6.45, 7) is 6.57. The van der Waals surface area contributed by atoms with Gasteiger partial charge in [-0.3, -0.25) is 19.2 Å². The number of fused-ring (bicyclic) bond motifs is 1. The zero-order valence-electron chi connectivity index (χ0n) is 23.9. The molecule has 0 aliphatic rings. The molecule has 0 aliphatic carbocycles. The molecule has 0 saturated carbocycles. The summed E-state index contributed by atoms with van der Waals surface area (Å²) in [4.78, 5) is 52.6. The Morgan fingerprint density at radius 3 is 2.33 bits per heavy atom. The first-order chi connectivity index (χ1) is 20.2. The minimum atomic E-state index is -1.04. The maximum absolute atomic E-state index is 13.4. The molecule has 0 aliphatic heterocycles. The van der Waals surface area contributed by atoms with Crippen LogP contribution in [-0.2, 0) is 22.5 Å². The fourth-order valence-electron chi connectivity index (χ4n) is 3.74. The van der Waals surface area contributed by atoms with Crippen molar-refractivity contribution in [3.8, 4) is 0 Å². The van der Waals surface area contributed by atoms with Gasteiger partial charge in [-0.05, 0) is 56.2 Å². The fraction of sp³-hybridized carbons (Fsp3) is 0.267. The van der Waals surface area contributed by atoms with Crippen molar-refractivity contribution in [3.63, 3.8) is 0 Å². The van der Waals surface area contributed by atoms with E-state index in [1.165, 1.54) is 29.8 Å². The molecule has 4 rings (SSSR count). The monoisotopic (exact) mass is 613 g/mol. The van der Waals surface area contributed by atoms with Crippen molar-refractivity contribution in [2.24, 2.45) is 5.73 Å². The smallest absolute Gasteiger partial charge is 0.320 e. The molecular weight excluding hydrogens is 584 g/mol. The maximum Gasteiger partial charge on any atom is 0.320 e. The first-order valence-electron chi connectivity index (χ1n) is 13.0. The van der Waals surface area contributed by atoms with Crippen LogP contribution in [0.1, 0.15) is 70.2 Å². The van der Waals surface area contributed by atoms with Crippen molar-refractivity contribution in [3.05, 3.63) is 99.5 Å². The van der Waals surface area contributed by atoms with E-state index in [1.807, 2.05) is 0 Å². The number of ether oxygens (including phenoxy) is 1. The van der Waals surface area contributed by atoms with Gasteiger partial charge >= 0.3 is 5.97 Å². The van der Waals surface area contributed by atoms with E-state index in [-0.39, 0.29) is 53.9 Å². The molecule has 2 aromatic heterocycles. The van der Waals surface area contributed by atoms with Gasteiger partial charge in [-0.25, -0.2) is 18.3 Å². The second kappa shape index (κ2) is 14.1. The predicted molar refractivity (Wildman–Crippen MR) is 155 cm³/mol. The van der Waals surface area contributed by atoms with Gasteiger partial charge in [0.05, 0.1) is 18.3 Å². The number of ketones is 2. The Hall–Kier alpha value is -4.55. The number of esters is 1. The average Bonchev–Trinajstić information content (AvgIpc) is 3.37. The first kappa shape index (κ1) is 33.0. The number of nitrogens with zero attached hydrogens (tertiary/aromatic N) is 3. The highest BCUT2D eigenvalue weighted by molar-refractivity contribution is 6.31. The number of nitrogens with one attached hydrogen (secondary N) is 1. The number of benzene rings is 2. The Labute approximate surface area is 251 Å². The highest BCUT2D eigenvalue weighted by Crippen LogP contribution is 2.20. The second-order valence-corrected chi connectivity index (χ2v) is 10.7. The Morgan fingerprint density at radius 2 is 1.74 bits per heavy atom. The van der Waals surface area contributed by atoms with Crippen LogP contribution in [0, 0.1) is 11.6 Å². The molecule has 226 valence electrons. The van der Waals surface area contributed by atoms with E-state index in [9.17, 15) is 28.0 Å². The highest BCUT2D eigenvalue weighted by Gasteiger charge is 2.22. The van der Waals surface area contributed by atoms with Crippen molar-refractivity contribution in [2.45, 2.75) is 46.3 Å². The Kier molecular flexibility index (Phi) is 10.8. The van der Waals surface area contributed by atoms with Crippen LogP contribution in [0.15, 0.2) is 54.7 Å². The van der Waals surface area contributed by atoms with Crippen LogP contribution >= 0.6 is 11.6 Å². The topological polar surface area (TPSA) is 146 Å². The molecule has 2 aromatic carbocycles. The average molecular weight is 614 g/mol. The lowest BCUT2D eigenvalue weighted by atomic mass is 10.1. The lowest BCUT2D eigenvalue weighted by molar-refractivity contribution is -0.152. The highest BCUT2D eigenvalue weighted by atomic mass is 35.5. The Bertz CT molecular complexity index is 1680. The molecule has 0 bridgehead atoms. The minimum Gasteiger partial charge on any atom is -0.459 e. The van der Waals surface area contributed by atoms with Gasteiger partial charge in [-0.1, -0.05) is 35.9 Å². The lowest BCUT2D eigenvalue weighted by Crippen LogP contribution is -2.28. The number of nitrogens with two attached hydrogens (primary N) is 1. The molecule has 1 amide bonds. The van der Waals surface area contributed by atoms with Gasteiger partial charge in [0, 0.05) is 24.9 Å².